The molecule has 1 aromatic rings. The zero-order valence-electron chi connectivity index (χ0n) is 9.58. The second-order valence-corrected chi connectivity index (χ2v) is 3.79. The van der Waals surface area contributed by atoms with Gasteiger partial charge in [0.15, 0.2) is 0 Å². The summed E-state index contributed by atoms with van der Waals surface area (Å²) in [6.07, 6.45) is -4.88. The fourth-order valence-corrected chi connectivity index (χ4v) is 1.38. The third-order valence-electron chi connectivity index (χ3n) is 2.00. The molecule has 0 spiro atoms. The Morgan fingerprint density at radius 2 is 1.72 bits per heavy atom. The van der Waals surface area contributed by atoms with Gasteiger partial charge in [0.1, 0.15) is 17.3 Å². The molecule has 0 fully saturated rings. The van der Waals surface area contributed by atoms with Gasteiger partial charge in [-0.05, 0) is 24.6 Å². The fourth-order valence-electron chi connectivity index (χ4n) is 1.38. The number of hydrogen-bond donors (Lipinski definition) is 0. The van der Waals surface area contributed by atoms with Gasteiger partial charge in [0.05, 0.1) is 6.42 Å². The highest BCUT2D eigenvalue weighted by molar-refractivity contribution is 5.98. The van der Waals surface area contributed by atoms with E-state index in [9.17, 15) is 22.8 Å². The van der Waals surface area contributed by atoms with Crippen molar-refractivity contribution >= 4 is 11.6 Å². The number of ketones is 2. The van der Waals surface area contributed by atoms with Gasteiger partial charge >= 0.3 is 6.36 Å². The number of halogens is 3. The molecule has 3 nitrogen and oxygen atoms in total. The first-order chi connectivity index (χ1) is 8.26. The van der Waals surface area contributed by atoms with E-state index in [4.69, 9.17) is 0 Å². The lowest BCUT2D eigenvalue weighted by Gasteiger charge is -2.09. The largest absolute Gasteiger partial charge is 0.573 e. The predicted molar refractivity (Wildman–Crippen MR) is 57.1 cm³/mol. The van der Waals surface area contributed by atoms with Crippen molar-refractivity contribution in [3.05, 3.63) is 29.8 Å². The Labute approximate surface area is 102 Å². The van der Waals surface area contributed by atoms with Crippen LogP contribution < -0.4 is 4.74 Å². The van der Waals surface area contributed by atoms with Crippen LogP contribution in [0.4, 0.5) is 13.2 Å². The van der Waals surface area contributed by atoms with Crippen molar-refractivity contribution < 1.29 is 27.5 Å². The van der Waals surface area contributed by atoms with Crippen LogP contribution in [-0.4, -0.2) is 17.9 Å². The minimum Gasteiger partial charge on any atom is -0.406 e. The van der Waals surface area contributed by atoms with Crippen LogP contribution in [0, 0.1) is 0 Å². The minimum absolute atomic E-state index is 0.0197. The molecule has 1 aromatic carbocycles. The maximum absolute atomic E-state index is 11.9. The summed E-state index contributed by atoms with van der Waals surface area (Å²) in [7, 11) is 0. The van der Waals surface area contributed by atoms with E-state index in [0.29, 0.717) is 5.56 Å². The Hall–Kier alpha value is -1.85. The van der Waals surface area contributed by atoms with Crippen LogP contribution >= 0.6 is 0 Å². The van der Waals surface area contributed by atoms with Gasteiger partial charge in [-0.3, -0.25) is 9.59 Å². The molecule has 0 aliphatic carbocycles. The highest BCUT2D eigenvalue weighted by Gasteiger charge is 2.30. The van der Waals surface area contributed by atoms with Crippen molar-refractivity contribution in [1.29, 1.82) is 0 Å². The molecule has 0 aromatic heterocycles. The summed E-state index contributed by atoms with van der Waals surface area (Å²) >= 11 is 0. The van der Waals surface area contributed by atoms with Crippen LogP contribution in [0.2, 0.25) is 0 Å². The van der Waals surface area contributed by atoms with E-state index in [2.05, 4.69) is 4.74 Å². The van der Waals surface area contributed by atoms with E-state index in [1.807, 2.05) is 0 Å². The normalized spacial score (nSPS) is 11.1. The molecule has 0 atom stereocenters. The average Bonchev–Trinajstić information content (AvgIpc) is 2.17. The van der Waals surface area contributed by atoms with Crippen molar-refractivity contribution in [2.45, 2.75) is 26.1 Å². The first-order valence-corrected chi connectivity index (χ1v) is 5.12. The summed E-state index contributed by atoms with van der Waals surface area (Å²) in [6, 6.07) is 4.98. The molecule has 6 heteroatoms. The van der Waals surface area contributed by atoms with Gasteiger partial charge in [-0.1, -0.05) is 12.1 Å². The number of alkyl halides is 3. The van der Waals surface area contributed by atoms with E-state index >= 15 is 0 Å². The maximum atomic E-state index is 11.9. The molecule has 0 bridgehead atoms. The Bertz CT molecular complexity index is 435. The highest BCUT2D eigenvalue weighted by Crippen LogP contribution is 2.22. The van der Waals surface area contributed by atoms with Crippen molar-refractivity contribution in [3.8, 4) is 5.75 Å². The van der Waals surface area contributed by atoms with Gasteiger partial charge in [0.25, 0.3) is 0 Å². The number of ether oxygens (including phenoxy) is 1. The van der Waals surface area contributed by atoms with Gasteiger partial charge in [-0.25, -0.2) is 0 Å². The number of Topliss-reactive ketones (excluding diaryl/α,β-unsaturated/α-hetero) is 2. The molecule has 1 rings (SSSR count). The second kappa shape index (κ2) is 5.66. The quantitative estimate of drug-likeness (QED) is 0.764. The molecular formula is C12H11F3O3. The Kier molecular flexibility index (Phi) is 4.47. The van der Waals surface area contributed by atoms with Crippen LogP contribution in [0.5, 0.6) is 5.75 Å². The smallest absolute Gasteiger partial charge is 0.406 e. The number of benzene rings is 1. The lowest BCUT2D eigenvalue weighted by atomic mass is 10.1. The first-order valence-electron chi connectivity index (χ1n) is 5.12. The molecule has 18 heavy (non-hydrogen) atoms. The molecule has 0 N–H and O–H groups in total. The zero-order chi connectivity index (χ0) is 13.8. The van der Waals surface area contributed by atoms with Crippen molar-refractivity contribution in [3.63, 3.8) is 0 Å². The zero-order valence-corrected chi connectivity index (χ0v) is 9.58. The number of carbonyl (C=O) groups excluding carboxylic acids is 2. The standard InChI is InChI=1S/C12H11F3O3/c1-8(16)6-10(17)7-9-2-4-11(5-3-9)18-12(13,14)15/h2-5H,6-7H2,1H3. The summed E-state index contributed by atoms with van der Waals surface area (Å²) < 4.78 is 39.3. The third-order valence-corrected chi connectivity index (χ3v) is 2.00. The van der Waals surface area contributed by atoms with E-state index < -0.39 is 6.36 Å². The summed E-state index contributed by atoms with van der Waals surface area (Å²) in [5, 5.41) is 0. The summed E-state index contributed by atoms with van der Waals surface area (Å²) in [4.78, 5) is 22.0. The lowest BCUT2D eigenvalue weighted by molar-refractivity contribution is -0.274. The van der Waals surface area contributed by atoms with Crippen LogP contribution in [-0.2, 0) is 16.0 Å². The molecule has 0 unspecified atom stereocenters. The van der Waals surface area contributed by atoms with Crippen LogP contribution in [0.1, 0.15) is 18.9 Å². The van der Waals surface area contributed by atoms with Gasteiger partial charge in [-0.15, -0.1) is 13.2 Å². The molecule has 0 heterocycles. The molecule has 0 aliphatic heterocycles. The van der Waals surface area contributed by atoms with Crippen molar-refractivity contribution in [2.24, 2.45) is 0 Å². The third kappa shape index (κ3) is 5.47. The van der Waals surface area contributed by atoms with Crippen LogP contribution in [0.3, 0.4) is 0 Å². The molecule has 0 amide bonds. The minimum atomic E-state index is -4.73. The summed E-state index contributed by atoms with van der Waals surface area (Å²) in [5.74, 6) is -0.853. The topological polar surface area (TPSA) is 43.4 Å². The Morgan fingerprint density at radius 3 is 2.17 bits per heavy atom. The molecular weight excluding hydrogens is 249 g/mol. The van der Waals surface area contributed by atoms with Crippen LogP contribution in [0.25, 0.3) is 0 Å². The van der Waals surface area contributed by atoms with Gasteiger partial charge in [0.2, 0.25) is 0 Å². The van der Waals surface area contributed by atoms with E-state index in [-0.39, 0.29) is 30.2 Å². The van der Waals surface area contributed by atoms with Gasteiger partial charge < -0.3 is 4.74 Å². The second-order valence-electron chi connectivity index (χ2n) is 3.79. The monoisotopic (exact) mass is 260 g/mol. The van der Waals surface area contributed by atoms with Gasteiger partial charge in [-0.2, -0.15) is 0 Å². The summed E-state index contributed by atoms with van der Waals surface area (Å²) in [6.45, 7) is 1.30. The maximum Gasteiger partial charge on any atom is 0.573 e. The van der Waals surface area contributed by atoms with E-state index in [1.54, 1.807) is 0 Å². The van der Waals surface area contributed by atoms with Gasteiger partial charge in [0, 0.05) is 6.42 Å². The van der Waals surface area contributed by atoms with Crippen molar-refractivity contribution in [2.75, 3.05) is 0 Å². The lowest BCUT2D eigenvalue weighted by Crippen LogP contribution is -2.17. The SMILES string of the molecule is CC(=O)CC(=O)Cc1ccc(OC(F)(F)F)cc1. The van der Waals surface area contributed by atoms with Crippen LogP contribution in [0.15, 0.2) is 24.3 Å². The number of carbonyl (C=O) groups is 2. The first kappa shape index (κ1) is 14.2. The highest BCUT2D eigenvalue weighted by atomic mass is 19.4. The fraction of sp³-hybridized carbons (Fsp3) is 0.333. The molecule has 0 saturated heterocycles. The average molecular weight is 260 g/mol. The Balaban J connectivity index is 2.60. The molecule has 0 radical (unpaired) electrons. The van der Waals surface area contributed by atoms with Crippen molar-refractivity contribution in [1.82, 2.24) is 0 Å². The molecule has 98 valence electrons. The molecule has 0 aliphatic rings. The predicted octanol–water partition coefficient (Wildman–Crippen LogP) is 2.68. The van der Waals surface area contributed by atoms with E-state index in [1.165, 1.54) is 19.1 Å². The summed E-state index contributed by atoms with van der Waals surface area (Å²) in [5.41, 5.74) is 0.538. The number of rotatable bonds is 5. The van der Waals surface area contributed by atoms with E-state index in [0.717, 1.165) is 12.1 Å². The number of hydrogen-bond acceptors (Lipinski definition) is 3. The Morgan fingerprint density at radius 1 is 1.17 bits per heavy atom. The molecule has 0 saturated carbocycles.